The fourth-order valence-corrected chi connectivity index (χ4v) is 3.05. The van der Waals surface area contributed by atoms with Gasteiger partial charge in [-0.25, -0.2) is 9.97 Å². The predicted octanol–water partition coefficient (Wildman–Crippen LogP) is 2.90. The van der Waals surface area contributed by atoms with Crippen LogP contribution < -0.4 is 14.2 Å². The highest BCUT2D eigenvalue weighted by molar-refractivity contribution is 5.79. The Bertz CT molecular complexity index is 756. The van der Waals surface area contributed by atoms with Gasteiger partial charge < -0.3 is 18.9 Å². The number of aromatic nitrogens is 2. The molecule has 0 bridgehead atoms. The third-order valence-corrected chi connectivity index (χ3v) is 4.27. The molecule has 1 saturated carbocycles. The first-order valence-corrected chi connectivity index (χ1v) is 8.31. The molecule has 7 nitrogen and oxygen atoms in total. The highest BCUT2D eigenvalue weighted by Gasteiger charge is 2.24. The average Bonchev–Trinajstić information content (AvgIpc) is 2.61. The van der Waals surface area contributed by atoms with Gasteiger partial charge in [0.2, 0.25) is 5.88 Å². The molecule has 0 aliphatic heterocycles. The lowest BCUT2D eigenvalue weighted by Crippen LogP contribution is -2.29. The smallest absolute Gasteiger partial charge is 0.302 e. The summed E-state index contributed by atoms with van der Waals surface area (Å²) in [6.07, 6.45) is 4.92. The van der Waals surface area contributed by atoms with Crippen LogP contribution in [0.1, 0.15) is 32.6 Å². The molecule has 0 N–H and O–H groups in total. The summed E-state index contributed by atoms with van der Waals surface area (Å²) in [6, 6.07) is 3.57. The summed E-state index contributed by atoms with van der Waals surface area (Å²) < 4.78 is 21.8. The van der Waals surface area contributed by atoms with E-state index in [0.717, 1.165) is 25.7 Å². The van der Waals surface area contributed by atoms with E-state index >= 15 is 0 Å². The third kappa shape index (κ3) is 4.10. The summed E-state index contributed by atoms with van der Waals surface area (Å²) in [5.74, 6) is 1.47. The molecule has 25 heavy (non-hydrogen) atoms. The van der Waals surface area contributed by atoms with Gasteiger partial charge in [-0.05, 0) is 25.7 Å². The second-order valence-electron chi connectivity index (χ2n) is 6.03. The Labute approximate surface area is 146 Å². The van der Waals surface area contributed by atoms with E-state index in [0.29, 0.717) is 28.4 Å². The Balaban J connectivity index is 1.69. The Hall–Kier alpha value is -2.57. The predicted molar refractivity (Wildman–Crippen MR) is 91.1 cm³/mol. The van der Waals surface area contributed by atoms with Gasteiger partial charge in [-0.3, -0.25) is 4.79 Å². The molecule has 0 unspecified atom stereocenters. The van der Waals surface area contributed by atoms with Gasteiger partial charge in [0.15, 0.2) is 11.5 Å². The Morgan fingerprint density at radius 3 is 2.20 bits per heavy atom. The van der Waals surface area contributed by atoms with Crippen molar-refractivity contribution in [2.75, 3.05) is 14.2 Å². The summed E-state index contributed by atoms with van der Waals surface area (Å²) in [7, 11) is 3.17. The maximum atomic E-state index is 11.0. The molecule has 0 atom stereocenters. The van der Waals surface area contributed by atoms with Gasteiger partial charge in [-0.2, -0.15) is 0 Å². The van der Waals surface area contributed by atoms with Crippen LogP contribution in [-0.4, -0.2) is 42.4 Å². The molecule has 3 rings (SSSR count). The number of fused-ring (bicyclic) bond motifs is 1. The van der Waals surface area contributed by atoms with Crippen molar-refractivity contribution >= 4 is 17.0 Å². The van der Waals surface area contributed by atoms with E-state index in [-0.39, 0.29) is 18.2 Å². The molecule has 0 saturated heterocycles. The minimum Gasteiger partial charge on any atom is -0.493 e. The van der Waals surface area contributed by atoms with E-state index < -0.39 is 0 Å². The SMILES string of the molecule is COc1cc2ncc(O[C@H]3CC[C@@H](OC(C)=O)CC3)nc2cc1OC. The summed E-state index contributed by atoms with van der Waals surface area (Å²) in [4.78, 5) is 19.9. The Kier molecular flexibility index (Phi) is 5.21. The van der Waals surface area contributed by atoms with Crippen molar-refractivity contribution in [1.82, 2.24) is 9.97 Å². The van der Waals surface area contributed by atoms with Gasteiger partial charge in [0, 0.05) is 19.1 Å². The fraction of sp³-hybridized carbons (Fsp3) is 0.500. The second-order valence-corrected chi connectivity index (χ2v) is 6.03. The third-order valence-electron chi connectivity index (χ3n) is 4.27. The molecule has 1 heterocycles. The quantitative estimate of drug-likeness (QED) is 0.770. The van der Waals surface area contributed by atoms with Crippen LogP contribution in [0.4, 0.5) is 0 Å². The zero-order valence-corrected chi connectivity index (χ0v) is 14.7. The van der Waals surface area contributed by atoms with E-state index in [9.17, 15) is 4.79 Å². The van der Waals surface area contributed by atoms with Crippen LogP contribution in [0, 0.1) is 0 Å². The number of esters is 1. The Morgan fingerprint density at radius 2 is 1.60 bits per heavy atom. The zero-order valence-electron chi connectivity index (χ0n) is 14.7. The maximum Gasteiger partial charge on any atom is 0.302 e. The zero-order chi connectivity index (χ0) is 17.8. The topological polar surface area (TPSA) is 79.8 Å². The number of carbonyl (C=O) groups is 1. The lowest BCUT2D eigenvalue weighted by atomic mass is 9.95. The molecule has 1 aromatic heterocycles. The van der Waals surface area contributed by atoms with Gasteiger partial charge in [0.05, 0.1) is 31.4 Å². The first-order valence-electron chi connectivity index (χ1n) is 8.31. The molecule has 1 aliphatic carbocycles. The van der Waals surface area contributed by atoms with Crippen molar-refractivity contribution in [2.24, 2.45) is 0 Å². The van der Waals surface area contributed by atoms with Crippen LogP contribution in [0.5, 0.6) is 17.4 Å². The molecule has 1 fully saturated rings. The molecule has 0 radical (unpaired) electrons. The van der Waals surface area contributed by atoms with Crippen molar-refractivity contribution < 1.29 is 23.7 Å². The van der Waals surface area contributed by atoms with Gasteiger partial charge in [-0.15, -0.1) is 0 Å². The van der Waals surface area contributed by atoms with E-state index in [1.807, 2.05) is 0 Å². The van der Waals surface area contributed by atoms with Crippen molar-refractivity contribution in [3.8, 4) is 17.4 Å². The number of hydrogen-bond donors (Lipinski definition) is 0. The fourth-order valence-electron chi connectivity index (χ4n) is 3.05. The molecule has 1 aliphatic rings. The van der Waals surface area contributed by atoms with Crippen molar-refractivity contribution in [2.45, 2.75) is 44.8 Å². The summed E-state index contributed by atoms with van der Waals surface area (Å²) in [6.45, 7) is 1.44. The minimum absolute atomic E-state index is 0.00300. The summed E-state index contributed by atoms with van der Waals surface area (Å²) in [5.41, 5.74) is 1.40. The number of ether oxygens (including phenoxy) is 4. The number of carbonyl (C=O) groups excluding carboxylic acids is 1. The van der Waals surface area contributed by atoms with E-state index in [1.165, 1.54) is 6.92 Å². The van der Waals surface area contributed by atoms with Crippen LogP contribution in [0.3, 0.4) is 0 Å². The van der Waals surface area contributed by atoms with Crippen LogP contribution in [-0.2, 0) is 9.53 Å². The lowest BCUT2D eigenvalue weighted by Gasteiger charge is -2.28. The van der Waals surface area contributed by atoms with E-state index in [2.05, 4.69) is 9.97 Å². The Morgan fingerprint density at radius 1 is 1.00 bits per heavy atom. The monoisotopic (exact) mass is 346 g/mol. The molecule has 2 aromatic rings. The summed E-state index contributed by atoms with van der Waals surface area (Å²) >= 11 is 0. The first kappa shape index (κ1) is 17.3. The molecule has 7 heteroatoms. The number of benzene rings is 1. The van der Waals surface area contributed by atoms with Gasteiger partial charge in [0.1, 0.15) is 12.2 Å². The van der Waals surface area contributed by atoms with Gasteiger partial charge in [-0.1, -0.05) is 0 Å². The normalized spacial score (nSPS) is 20.1. The number of nitrogens with zero attached hydrogens (tertiary/aromatic N) is 2. The highest BCUT2D eigenvalue weighted by atomic mass is 16.5. The second kappa shape index (κ2) is 7.55. The van der Waals surface area contributed by atoms with Crippen molar-refractivity contribution in [1.29, 1.82) is 0 Å². The van der Waals surface area contributed by atoms with Crippen molar-refractivity contribution in [3.05, 3.63) is 18.3 Å². The number of rotatable bonds is 5. The van der Waals surface area contributed by atoms with E-state index in [1.54, 1.807) is 32.5 Å². The maximum absolute atomic E-state index is 11.0. The standard InChI is InChI=1S/C18H22N2O5/c1-11(21)24-12-4-6-13(7-5-12)25-18-10-19-14-8-16(22-2)17(23-3)9-15(14)20-18/h8-10,12-13H,4-7H2,1-3H3/t12-,13+. The minimum atomic E-state index is -0.228. The van der Waals surface area contributed by atoms with E-state index in [4.69, 9.17) is 18.9 Å². The largest absolute Gasteiger partial charge is 0.493 e. The molecule has 0 amide bonds. The van der Waals surface area contributed by atoms with Crippen LogP contribution in [0.15, 0.2) is 18.3 Å². The van der Waals surface area contributed by atoms with Crippen LogP contribution in [0.25, 0.3) is 11.0 Å². The molecular formula is C18H22N2O5. The van der Waals surface area contributed by atoms with Crippen molar-refractivity contribution in [3.63, 3.8) is 0 Å². The molecule has 134 valence electrons. The van der Waals surface area contributed by atoms with Crippen LogP contribution in [0.2, 0.25) is 0 Å². The average molecular weight is 346 g/mol. The summed E-state index contributed by atoms with van der Waals surface area (Å²) in [5, 5.41) is 0. The molecular weight excluding hydrogens is 324 g/mol. The number of methoxy groups -OCH3 is 2. The molecule has 0 spiro atoms. The lowest BCUT2D eigenvalue weighted by molar-refractivity contribution is -0.148. The highest BCUT2D eigenvalue weighted by Crippen LogP contribution is 2.31. The number of hydrogen-bond acceptors (Lipinski definition) is 7. The van der Waals surface area contributed by atoms with Crippen LogP contribution >= 0.6 is 0 Å². The van der Waals surface area contributed by atoms with Gasteiger partial charge in [0.25, 0.3) is 0 Å². The first-order chi connectivity index (χ1) is 12.1. The van der Waals surface area contributed by atoms with Gasteiger partial charge >= 0.3 is 5.97 Å². The molecule has 1 aromatic carbocycles.